The summed E-state index contributed by atoms with van der Waals surface area (Å²) in [6.07, 6.45) is 6.91. The van der Waals surface area contributed by atoms with Crippen LogP contribution in [0.1, 0.15) is 143 Å². The van der Waals surface area contributed by atoms with Crippen molar-refractivity contribution in [1.29, 1.82) is 0 Å². The molecule has 0 amide bonds. The fourth-order valence-corrected chi connectivity index (χ4v) is 9.57. The van der Waals surface area contributed by atoms with Crippen molar-refractivity contribution in [3.63, 3.8) is 0 Å². The molecule has 0 aliphatic rings. The molecule has 12 heteroatoms. The van der Waals surface area contributed by atoms with E-state index in [-0.39, 0.29) is 33.9 Å². The summed E-state index contributed by atoms with van der Waals surface area (Å²) in [5.41, 5.74) is 1.80. The highest BCUT2D eigenvalue weighted by Gasteiger charge is 2.42. The summed E-state index contributed by atoms with van der Waals surface area (Å²) in [5.74, 6) is -2.11. The quantitative estimate of drug-likeness (QED) is 0.0363. The normalized spacial score (nSPS) is 13.0. The first-order valence-corrected chi connectivity index (χ1v) is 25.2. The zero-order valence-electron chi connectivity index (χ0n) is 42.3. The lowest BCUT2D eigenvalue weighted by Gasteiger charge is -2.24. The Morgan fingerprint density at radius 3 is 0.813 bits per heavy atom. The number of hydrogen-bond acceptors (Lipinski definition) is 9. The lowest BCUT2D eigenvalue weighted by Crippen LogP contribution is -2.26. The first kappa shape index (κ1) is 53.6. The number of nitrogens with zero attached hydrogens (tertiary/aromatic N) is 3. The molecule has 75 heavy (non-hydrogen) atoms. The topological polar surface area (TPSA) is 153 Å². The van der Waals surface area contributed by atoms with Crippen LogP contribution >= 0.6 is 0 Å². The Kier molecular flexibility index (Phi) is 18.2. The molecule has 12 nitrogen and oxygen atoms in total. The van der Waals surface area contributed by atoms with Crippen molar-refractivity contribution in [3.8, 4) is 35.5 Å². The first-order valence-electron chi connectivity index (χ1n) is 25.2. The molecule has 7 aromatic carbocycles. The van der Waals surface area contributed by atoms with Gasteiger partial charge in [-0.25, -0.2) is 14.4 Å². The maximum absolute atomic E-state index is 14.1. The first-order chi connectivity index (χ1) is 36.6. The summed E-state index contributed by atoms with van der Waals surface area (Å²) in [4.78, 5) is 42.4. The Bertz CT molecular complexity index is 2880. The number of esters is 3. The summed E-state index contributed by atoms with van der Waals surface area (Å²) in [7, 11) is 0. The Balaban J connectivity index is 1.21. The third-order valence-corrected chi connectivity index (χ3v) is 13.6. The van der Waals surface area contributed by atoms with Crippen molar-refractivity contribution < 1.29 is 44.2 Å². The standard InChI is InChI=1S/C63H57N3O9/c1-4-7-37-61(43-64-70,49-19-13-10-14-20-49)52-25-31-55(32-26-52)73-58(67)46-40-47(59(68)74-56-33-27-53(28-34-56)62(44-65-71,38-8-5-2)50-21-15-11-16-22-50)42-48(41-46)60(69)75-57-35-29-54(30-36-57)63(45-66-72,39-9-6-3)51-23-17-12-18-24-51/h10-36,40-42H,4-9,37-39H2,1-3H3/p+3. The van der Waals surface area contributed by atoms with Crippen LogP contribution in [0.15, 0.2) is 182 Å². The van der Waals surface area contributed by atoms with E-state index in [4.69, 9.17) is 14.2 Å². The summed E-state index contributed by atoms with van der Waals surface area (Å²) in [6.45, 7) is 6.22. The second-order valence-electron chi connectivity index (χ2n) is 18.3. The van der Waals surface area contributed by atoms with Gasteiger partial charge in [-0.05, 0) is 107 Å². The molecule has 3 atom stereocenters. The molecular weight excluding hydrogens is 943 g/mol. The highest BCUT2D eigenvalue weighted by Crippen LogP contribution is 2.41. The summed E-state index contributed by atoms with van der Waals surface area (Å²) >= 11 is 0. The highest BCUT2D eigenvalue weighted by molar-refractivity contribution is 6.02. The minimum Gasteiger partial charge on any atom is -0.423 e. The fourth-order valence-electron chi connectivity index (χ4n) is 9.57. The van der Waals surface area contributed by atoms with E-state index in [2.05, 4.69) is 54.0 Å². The minimum atomic E-state index is -0.891. The van der Waals surface area contributed by atoms with Gasteiger partial charge in [0.2, 0.25) is 15.0 Å². The van der Waals surface area contributed by atoms with Crippen LogP contribution in [0.4, 0.5) is 0 Å². The van der Waals surface area contributed by atoms with Gasteiger partial charge in [0, 0.05) is 0 Å². The van der Waals surface area contributed by atoms with Crippen LogP contribution < -0.4 is 14.2 Å². The van der Waals surface area contributed by atoms with E-state index in [9.17, 15) is 30.0 Å². The van der Waals surface area contributed by atoms with Gasteiger partial charge in [0.15, 0.2) is 16.2 Å². The molecule has 3 N–H and O–H groups in total. The van der Waals surface area contributed by atoms with Gasteiger partial charge in [-0.3, -0.25) is 0 Å². The number of ether oxygens (including phenoxy) is 3. The van der Waals surface area contributed by atoms with Crippen LogP contribution in [0.2, 0.25) is 0 Å². The van der Waals surface area contributed by atoms with Gasteiger partial charge < -0.3 is 14.2 Å². The second-order valence-corrected chi connectivity index (χ2v) is 18.3. The maximum Gasteiger partial charge on any atom is 0.366 e. The SMILES string of the molecule is CCCCC(C#[N+]O)(c1ccccc1)c1ccc(OC(=O)c2cc(C(=O)Oc3ccc(C(C#[N+]O)(CCCC)c4ccccc4)cc3)cc(C(=O)Oc3ccc(C(C#[N+]O)(CCCC)c4ccccc4)cc3)c2)cc1. The van der Waals surface area contributed by atoms with Crippen LogP contribution in [-0.4, -0.2) is 33.5 Å². The number of benzene rings is 7. The molecular formula is C63H60N3O9+3. The van der Waals surface area contributed by atoms with Crippen molar-refractivity contribution in [2.45, 2.75) is 94.8 Å². The molecule has 0 heterocycles. The van der Waals surface area contributed by atoms with Gasteiger partial charge in [0.05, 0.1) is 16.7 Å². The zero-order valence-corrected chi connectivity index (χ0v) is 42.3. The highest BCUT2D eigenvalue weighted by atomic mass is 16.5. The van der Waals surface area contributed by atoms with Crippen LogP contribution in [0.3, 0.4) is 0 Å². The van der Waals surface area contributed by atoms with Crippen LogP contribution in [0, 0.1) is 18.2 Å². The Labute approximate surface area is 437 Å². The van der Waals surface area contributed by atoms with Crippen molar-refractivity contribution in [2.24, 2.45) is 0 Å². The van der Waals surface area contributed by atoms with Gasteiger partial charge in [-0.2, -0.15) is 15.6 Å². The zero-order chi connectivity index (χ0) is 53.1. The van der Waals surface area contributed by atoms with Crippen molar-refractivity contribution in [1.82, 2.24) is 0 Å². The van der Waals surface area contributed by atoms with E-state index in [1.807, 2.05) is 91.0 Å². The molecule has 0 radical (unpaired) electrons. The number of carbonyl (C=O) groups excluding carboxylic acids is 3. The van der Waals surface area contributed by atoms with E-state index in [0.29, 0.717) is 19.3 Å². The Morgan fingerprint density at radius 2 is 0.600 bits per heavy atom. The second kappa shape index (κ2) is 25.5. The maximum atomic E-state index is 14.1. The molecule has 7 aromatic rings. The van der Waals surface area contributed by atoms with Crippen LogP contribution in [0.25, 0.3) is 15.0 Å². The van der Waals surface area contributed by atoms with Gasteiger partial charge in [0.25, 0.3) is 0 Å². The predicted octanol–water partition coefficient (Wildman–Crippen LogP) is 14.9. The average molecular weight is 1000 g/mol. The molecule has 0 saturated carbocycles. The monoisotopic (exact) mass is 1000 g/mol. The van der Waals surface area contributed by atoms with Crippen molar-refractivity contribution in [2.75, 3.05) is 0 Å². The minimum absolute atomic E-state index is 0.140. The number of hydrogen-bond donors (Lipinski definition) is 3. The molecule has 378 valence electrons. The summed E-state index contributed by atoms with van der Waals surface area (Å²) in [5, 5.41) is 39.5. The molecule has 0 saturated heterocycles. The third kappa shape index (κ3) is 12.4. The van der Waals surface area contributed by atoms with Gasteiger partial charge in [-0.15, -0.1) is 0 Å². The van der Waals surface area contributed by atoms with E-state index in [1.165, 1.54) is 18.2 Å². The fraction of sp³-hybridized carbons (Fsp3) is 0.238. The van der Waals surface area contributed by atoms with Crippen LogP contribution in [0.5, 0.6) is 17.2 Å². The molecule has 0 aliphatic carbocycles. The van der Waals surface area contributed by atoms with E-state index < -0.39 is 34.2 Å². The average Bonchev–Trinajstić information content (AvgIpc) is 3.45. The summed E-state index contributed by atoms with van der Waals surface area (Å²) < 4.78 is 17.6. The number of carbonyl (C=O) groups is 3. The molecule has 0 bridgehead atoms. The van der Waals surface area contributed by atoms with E-state index in [1.54, 1.807) is 72.8 Å². The number of unbranched alkanes of at least 4 members (excludes halogenated alkanes) is 3. The molecule has 0 spiro atoms. The molecule has 0 aromatic heterocycles. The Hall–Kier alpha value is -9.18. The van der Waals surface area contributed by atoms with E-state index >= 15 is 0 Å². The van der Waals surface area contributed by atoms with Gasteiger partial charge >= 0.3 is 36.1 Å². The lowest BCUT2D eigenvalue weighted by molar-refractivity contribution is 0.0734. The van der Waals surface area contributed by atoms with Crippen LogP contribution in [-0.2, 0) is 16.2 Å². The largest absolute Gasteiger partial charge is 0.423 e. The Morgan fingerprint density at radius 1 is 0.373 bits per heavy atom. The molecule has 7 rings (SSSR count). The lowest BCUT2D eigenvalue weighted by atomic mass is 9.72. The van der Waals surface area contributed by atoms with Gasteiger partial charge in [0.1, 0.15) is 17.2 Å². The molecule has 3 unspecified atom stereocenters. The van der Waals surface area contributed by atoms with Gasteiger partial charge in [-0.1, -0.05) is 187 Å². The molecule has 0 aliphatic heterocycles. The van der Waals surface area contributed by atoms with E-state index in [0.717, 1.165) is 71.9 Å². The molecule has 0 fully saturated rings. The predicted molar refractivity (Wildman–Crippen MR) is 288 cm³/mol. The van der Waals surface area contributed by atoms with Crippen molar-refractivity contribution in [3.05, 3.63) is 247 Å². The number of rotatable bonds is 21. The summed E-state index contributed by atoms with van der Waals surface area (Å²) in [6, 6.07) is 61.9. The smallest absolute Gasteiger partial charge is 0.366 e. The van der Waals surface area contributed by atoms with Crippen molar-refractivity contribution >= 4 is 17.9 Å². The third-order valence-electron chi connectivity index (χ3n) is 13.6.